The molecule has 8 nitrogen and oxygen atoms in total. The van der Waals surface area contributed by atoms with Gasteiger partial charge in [-0.3, -0.25) is 4.90 Å². The normalized spacial score (nSPS) is 28.5. The average molecular weight is 514 g/mol. The SMILES string of the molecule is Cc1cc(N(C)C(=O)OC(C)(C)C)cc2c1C(=O)O[C@@H](C)[C@H](C)/C=C\[C@@H](O)[C@H]1OC(C)(C)O[C@H]1CC#C2. The summed E-state index contributed by atoms with van der Waals surface area (Å²) in [6.07, 6.45) is 0.786. The molecule has 0 radical (unpaired) electrons. The lowest BCUT2D eigenvalue weighted by atomic mass is 9.98. The zero-order chi connectivity index (χ0) is 27.7. The number of aryl methyl sites for hydroxylation is 1. The van der Waals surface area contributed by atoms with E-state index in [-0.39, 0.29) is 12.3 Å². The third kappa shape index (κ3) is 7.13. The van der Waals surface area contributed by atoms with Crippen LogP contribution in [0.2, 0.25) is 0 Å². The minimum atomic E-state index is -0.912. The number of fused-ring (bicyclic) bond motifs is 2. The molecule has 0 spiro atoms. The van der Waals surface area contributed by atoms with Crippen LogP contribution in [0.5, 0.6) is 0 Å². The summed E-state index contributed by atoms with van der Waals surface area (Å²) in [4.78, 5) is 27.3. The Labute approximate surface area is 219 Å². The summed E-state index contributed by atoms with van der Waals surface area (Å²) >= 11 is 0. The highest BCUT2D eigenvalue weighted by molar-refractivity contribution is 5.96. The molecule has 0 saturated carbocycles. The molecule has 1 aromatic rings. The van der Waals surface area contributed by atoms with Crippen LogP contribution < -0.4 is 4.90 Å². The summed E-state index contributed by atoms with van der Waals surface area (Å²) in [5.41, 5.74) is 1.28. The van der Waals surface area contributed by atoms with Crippen LogP contribution in [0.4, 0.5) is 10.5 Å². The summed E-state index contributed by atoms with van der Waals surface area (Å²) in [5, 5.41) is 10.8. The molecule has 3 rings (SSSR count). The van der Waals surface area contributed by atoms with Gasteiger partial charge < -0.3 is 24.1 Å². The number of esters is 1. The molecule has 0 unspecified atom stereocenters. The highest BCUT2D eigenvalue weighted by atomic mass is 16.8. The summed E-state index contributed by atoms with van der Waals surface area (Å²) < 4.78 is 23.3. The second-order valence-electron chi connectivity index (χ2n) is 11.2. The van der Waals surface area contributed by atoms with Crippen molar-refractivity contribution in [2.45, 2.75) is 97.6 Å². The molecule has 8 heteroatoms. The van der Waals surface area contributed by atoms with Crippen LogP contribution in [0, 0.1) is 24.7 Å². The van der Waals surface area contributed by atoms with Gasteiger partial charge in [0.2, 0.25) is 0 Å². The molecular formula is C29H39NO7. The number of rotatable bonds is 1. The molecule has 2 aliphatic heterocycles. The van der Waals surface area contributed by atoms with E-state index in [0.717, 1.165) is 0 Å². The van der Waals surface area contributed by atoms with Gasteiger partial charge in [-0.1, -0.05) is 30.9 Å². The van der Waals surface area contributed by atoms with Crippen LogP contribution in [-0.4, -0.2) is 60.0 Å². The number of amides is 1. The lowest BCUT2D eigenvalue weighted by molar-refractivity contribution is -0.152. The van der Waals surface area contributed by atoms with E-state index < -0.39 is 47.9 Å². The van der Waals surface area contributed by atoms with Gasteiger partial charge in [0.1, 0.15) is 30.0 Å². The quantitative estimate of drug-likeness (QED) is 0.329. The van der Waals surface area contributed by atoms with Crippen molar-refractivity contribution >= 4 is 17.7 Å². The van der Waals surface area contributed by atoms with Gasteiger partial charge in [0.25, 0.3) is 0 Å². The number of ether oxygens (including phenoxy) is 4. The van der Waals surface area contributed by atoms with Crippen molar-refractivity contribution < 1.29 is 33.6 Å². The first-order chi connectivity index (χ1) is 17.1. The van der Waals surface area contributed by atoms with Crippen molar-refractivity contribution in [2.75, 3.05) is 11.9 Å². The van der Waals surface area contributed by atoms with Gasteiger partial charge in [-0.2, -0.15) is 0 Å². The van der Waals surface area contributed by atoms with E-state index >= 15 is 0 Å². The second-order valence-corrected chi connectivity index (χ2v) is 11.2. The highest BCUT2D eigenvalue weighted by Gasteiger charge is 2.43. The summed E-state index contributed by atoms with van der Waals surface area (Å²) in [7, 11) is 1.61. The number of nitrogens with zero attached hydrogens (tertiary/aromatic N) is 1. The van der Waals surface area contributed by atoms with Crippen LogP contribution >= 0.6 is 0 Å². The van der Waals surface area contributed by atoms with Crippen molar-refractivity contribution in [1.82, 2.24) is 0 Å². The molecule has 2 aliphatic rings. The van der Waals surface area contributed by atoms with Crippen molar-refractivity contribution in [2.24, 2.45) is 5.92 Å². The lowest BCUT2D eigenvalue weighted by Gasteiger charge is -2.25. The molecular weight excluding hydrogens is 474 g/mol. The first-order valence-electron chi connectivity index (χ1n) is 12.6. The Morgan fingerprint density at radius 2 is 1.86 bits per heavy atom. The monoisotopic (exact) mass is 513 g/mol. The fourth-order valence-electron chi connectivity index (χ4n) is 4.21. The summed E-state index contributed by atoms with van der Waals surface area (Å²) in [5.74, 6) is 4.65. The number of carbonyl (C=O) groups is 2. The first-order valence-corrected chi connectivity index (χ1v) is 12.6. The predicted molar refractivity (Wildman–Crippen MR) is 140 cm³/mol. The fraction of sp³-hybridized carbons (Fsp3) is 0.586. The zero-order valence-corrected chi connectivity index (χ0v) is 23.2. The number of carbonyl (C=O) groups excluding carboxylic acids is 2. The number of hydrogen-bond acceptors (Lipinski definition) is 7. The van der Waals surface area contributed by atoms with E-state index in [1.54, 1.807) is 73.7 Å². The third-order valence-electron chi connectivity index (χ3n) is 6.31. The van der Waals surface area contributed by atoms with Crippen LogP contribution in [0.25, 0.3) is 0 Å². The summed E-state index contributed by atoms with van der Waals surface area (Å²) in [6, 6.07) is 3.42. The number of hydrogen-bond donors (Lipinski definition) is 1. The maximum Gasteiger partial charge on any atom is 0.414 e. The molecule has 0 bridgehead atoms. The third-order valence-corrected chi connectivity index (χ3v) is 6.31. The van der Waals surface area contributed by atoms with Crippen LogP contribution in [0.1, 0.15) is 76.4 Å². The van der Waals surface area contributed by atoms with E-state index in [1.807, 2.05) is 13.0 Å². The van der Waals surface area contributed by atoms with Crippen molar-refractivity contribution in [1.29, 1.82) is 0 Å². The number of benzene rings is 1. The van der Waals surface area contributed by atoms with E-state index in [9.17, 15) is 14.7 Å². The van der Waals surface area contributed by atoms with E-state index in [4.69, 9.17) is 18.9 Å². The van der Waals surface area contributed by atoms with Crippen molar-refractivity contribution in [3.8, 4) is 11.8 Å². The Morgan fingerprint density at radius 1 is 1.19 bits per heavy atom. The zero-order valence-electron chi connectivity index (χ0n) is 23.2. The Morgan fingerprint density at radius 3 is 2.51 bits per heavy atom. The maximum atomic E-state index is 13.3. The first kappa shape index (κ1) is 28.7. The van der Waals surface area contributed by atoms with Gasteiger partial charge in [0.05, 0.1) is 5.56 Å². The molecule has 1 saturated heterocycles. The van der Waals surface area contributed by atoms with Crippen LogP contribution in [0.15, 0.2) is 24.3 Å². The minimum absolute atomic E-state index is 0.164. The Bertz CT molecular complexity index is 1120. The molecule has 1 aromatic carbocycles. The van der Waals surface area contributed by atoms with Gasteiger partial charge in [-0.05, 0) is 66.2 Å². The standard InChI is InChI=1S/C29H39NO7/c1-17-13-14-22(31)25-23(35-29(7,8)36-25)12-10-11-20-16-21(30(9)27(33)37-28(4,5)6)15-18(2)24(20)26(32)34-19(17)3/h13-17,19,22-23,25,31H,12H2,1-9H3/b14-13-/t17-,19+,22-,23+,25-/m1/s1. The van der Waals surface area contributed by atoms with E-state index in [1.165, 1.54) is 4.90 Å². The van der Waals surface area contributed by atoms with Crippen LogP contribution in [0.3, 0.4) is 0 Å². The van der Waals surface area contributed by atoms with Gasteiger partial charge in [-0.15, -0.1) is 0 Å². The van der Waals surface area contributed by atoms with Gasteiger partial charge in [0, 0.05) is 30.6 Å². The lowest BCUT2D eigenvalue weighted by Crippen LogP contribution is -2.34. The summed E-state index contributed by atoms with van der Waals surface area (Å²) in [6.45, 7) is 14.5. The Hall–Kier alpha value is -2.86. The number of aliphatic hydroxyl groups excluding tert-OH is 1. The largest absolute Gasteiger partial charge is 0.458 e. The predicted octanol–water partition coefficient (Wildman–Crippen LogP) is 4.74. The van der Waals surface area contributed by atoms with Gasteiger partial charge in [0.15, 0.2) is 5.79 Å². The molecule has 1 fully saturated rings. The molecule has 2 heterocycles. The smallest absolute Gasteiger partial charge is 0.414 e. The molecule has 0 aromatic heterocycles. The van der Waals surface area contributed by atoms with Crippen molar-refractivity contribution in [3.63, 3.8) is 0 Å². The van der Waals surface area contributed by atoms with E-state index in [2.05, 4.69) is 11.8 Å². The van der Waals surface area contributed by atoms with Gasteiger partial charge >= 0.3 is 12.1 Å². The van der Waals surface area contributed by atoms with E-state index in [0.29, 0.717) is 22.4 Å². The maximum absolute atomic E-state index is 13.3. The number of cyclic esters (lactones) is 1. The highest BCUT2D eigenvalue weighted by Crippen LogP contribution is 2.33. The number of aliphatic hydroxyl groups is 1. The van der Waals surface area contributed by atoms with Crippen molar-refractivity contribution in [3.05, 3.63) is 41.0 Å². The minimum Gasteiger partial charge on any atom is -0.458 e. The second kappa shape index (κ2) is 10.9. The topological polar surface area (TPSA) is 94.5 Å². The molecule has 37 heavy (non-hydrogen) atoms. The molecule has 202 valence electrons. The molecule has 5 atom stereocenters. The average Bonchev–Trinajstić information content (AvgIpc) is 3.08. The van der Waals surface area contributed by atoms with Crippen LogP contribution in [-0.2, 0) is 18.9 Å². The molecule has 0 aliphatic carbocycles. The molecule has 1 N–H and O–H groups in total. The number of anilines is 1. The van der Waals surface area contributed by atoms with Gasteiger partial charge in [-0.25, -0.2) is 9.59 Å². The Kier molecular flexibility index (Phi) is 8.43. The Balaban J connectivity index is 2.06. The molecule has 1 amide bonds. The fourth-order valence-corrected chi connectivity index (χ4v) is 4.21.